The van der Waals surface area contributed by atoms with Crippen molar-refractivity contribution in [2.45, 2.75) is 27.7 Å². The van der Waals surface area contributed by atoms with E-state index in [-0.39, 0.29) is 23.0 Å². The Kier molecular flexibility index (Phi) is 7.46. The first-order valence-electron chi connectivity index (χ1n) is 8.83. The third-order valence-electron chi connectivity index (χ3n) is 3.38. The fourth-order valence-corrected chi connectivity index (χ4v) is 2.45. The molecular formula is C22H20O8. The lowest BCUT2D eigenvalue weighted by Gasteiger charge is -2.09. The fourth-order valence-electron chi connectivity index (χ4n) is 2.45. The Balaban J connectivity index is 2.41. The molecular weight excluding hydrogens is 392 g/mol. The van der Waals surface area contributed by atoms with Crippen molar-refractivity contribution < 1.29 is 38.1 Å². The zero-order chi connectivity index (χ0) is 22.3. The number of carbonyl (C=O) groups excluding carboxylic acids is 4. The molecule has 0 radical (unpaired) electrons. The molecule has 0 fully saturated rings. The molecule has 0 aliphatic heterocycles. The van der Waals surface area contributed by atoms with Gasteiger partial charge in [-0.3, -0.25) is 19.2 Å². The predicted octanol–water partition coefficient (Wildman–Crippen LogP) is 3.56. The van der Waals surface area contributed by atoms with Gasteiger partial charge in [-0.25, -0.2) is 0 Å². The quantitative estimate of drug-likeness (QED) is 0.403. The van der Waals surface area contributed by atoms with Gasteiger partial charge in [-0.2, -0.15) is 0 Å². The third kappa shape index (κ3) is 7.23. The van der Waals surface area contributed by atoms with Crippen molar-refractivity contribution in [3.8, 4) is 23.0 Å². The Hall–Kier alpha value is -3.94. The minimum Gasteiger partial charge on any atom is -0.427 e. The SMILES string of the molecule is CC(=O)Oc1cc(/C=C/c2ccc(OC(C)=O)cc2OC(C)=O)cc(OC(C)=O)c1. The lowest BCUT2D eigenvalue weighted by molar-refractivity contribution is -0.133. The largest absolute Gasteiger partial charge is 0.427 e. The summed E-state index contributed by atoms with van der Waals surface area (Å²) in [5.41, 5.74) is 1.08. The molecule has 2 aromatic rings. The van der Waals surface area contributed by atoms with Crippen LogP contribution in [0.15, 0.2) is 36.4 Å². The van der Waals surface area contributed by atoms with Crippen LogP contribution in [0, 0.1) is 0 Å². The van der Waals surface area contributed by atoms with Gasteiger partial charge in [0.25, 0.3) is 0 Å². The van der Waals surface area contributed by atoms with Crippen LogP contribution in [0.4, 0.5) is 0 Å². The van der Waals surface area contributed by atoms with Gasteiger partial charge in [-0.15, -0.1) is 0 Å². The lowest BCUT2D eigenvalue weighted by Crippen LogP contribution is -2.05. The second kappa shape index (κ2) is 10.0. The van der Waals surface area contributed by atoms with Crippen LogP contribution in [-0.2, 0) is 19.2 Å². The van der Waals surface area contributed by atoms with Crippen molar-refractivity contribution in [2.24, 2.45) is 0 Å². The molecule has 0 saturated heterocycles. The monoisotopic (exact) mass is 412 g/mol. The van der Waals surface area contributed by atoms with E-state index in [4.69, 9.17) is 18.9 Å². The summed E-state index contributed by atoms with van der Waals surface area (Å²) >= 11 is 0. The Morgan fingerprint density at radius 1 is 0.600 bits per heavy atom. The highest BCUT2D eigenvalue weighted by atomic mass is 16.6. The molecule has 2 rings (SSSR count). The Morgan fingerprint density at radius 2 is 1.10 bits per heavy atom. The molecule has 0 heterocycles. The Bertz CT molecular complexity index is 986. The molecule has 0 saturated carbocycles. The van der Waals surface area contributed by atoms with E-state index in [9.17, 15) is 19.2 Å². The molecule has 156 valence electrons. The van der Waals surface area contributed by atoms with Crippen LogP contribution in [-0.4, -0.2) is 23.9 Å². The molecule has 30 heavy (non-hydrogen) atoms. The number of hydrogen-bond donors (Lipinski definition) is 0. The summed E-state index contributed by atoms with van der Waals surface area (Å²) in [4.78, 5) is 45.1. The number of rotatable bonds is 6. The third-order valence-corrected chi connectivity index (χ3v) is 3.38. The molecule has 0 amide bonds. The Morgan fingerprint density at radius 3 is 1.60 bits per heavy atom. The smallest absolute Gasteiger partial charge is 0.308 e. The fraction of sp³-hybridized carbons (Fsp3) is 0.182. The zero-order valence-corrected chi connectivity index (χ0v) is 16.9. The van der Waals surface area contributed by atoms with Crippen LogP contribution in [0.25, 0.3) is 12.2 Å². The molecule has 0 atom stereocenters. The summed E-state index contributed by atoms with van der Waals surface area (Å²) in [7, 11) is 0. The molecule has 0 N–H and O–H groups in total. The van der Waals surface area contributed by atoms with Crippen molar-refractivity contribution in [3.05, 3.63) is 47.5 Å². The first kappa shape index (κ1) is 22.4. The topological polar surface area (TPSA) is 105 Å². The van der Waals surface area contributed by atoms with Crippen LogP contribution < -0.4 is 18.9 Å². The average molecular weight is 412 g/mol. The minimum absolute atomic E-state index is 0.189. The molecule has 0 spiro atoms. The van der Waals surface area contributed by atoms with E-state index in [0.29, 0.717) is 11.1 Å². The van der Waals surface area contributed by atoms with Crippen LogP contribution >= 0.6 is 0 Å². The van der Waals surface area contributed by atoms with Gasteiger partial charge in [0.15, 0.2) is 0 Å². The highest BCUT2D eigenvalue weighted by Gasteiger charge is 2.09. The lowest BCUT2D eigenvalue weighted by atomic mass is 10.1. The molecule has 2 aromatic carbocycles. The van der Waals surface area contributed by atoms with Crippen molar-refractivity contribution in [1.82, 2.24) is 0 Å². The minimum atomic E-state index is -0.543. The summed E-state index contributed by atoms with van der Waals surface area (Å²) < 4.78 is 20.3. The van der Waals surface area contributed by atoms with E-state index >= 15 is 0 Å². The second-order valence-corrected chi connectivity index (χ2v) is 6.15. The van der Waals surface area contributed by atoms with Gasteiger partial charge < -0.3 is 18.9 Å². The zero-order valence-electron chi connectivity index (χ0n) is 16.9. The standard InChI is InChI=1S/C22H20O8/c1-13(23)27-19-8-7-18(22(12-19)30-16(4)26)6-5-17-9-20(28-14(2)24)11-21(10-17)29-15(3)25/h5-12H,1-4H3/b6-5+. The molecule has 0 aliphatic carbocycles. The normalized spacial score (nSPS) is 10.4. The van der Waals surface area contributed by atoms with Gasteiger partial charge in [0.1, 0.15) is 23.0 Å². The van der Waals surface area contributed by atoms with Crippen LogP contribution in [0.2, 0.25) is 0 Å². The van der Waals surface area contributed by atoms with E-state index < -0.39 is 23.9 Å². The summed E-state index contributed by atoms with van der Waals surface area (Å²) in [5, 5.41) is 0. The maximum Gasteiger partial charge on any atom is 0.308 e. The van der Waals surface area contributed by atoms with Crippen molar-refractivity contribution in [3.63, 3.8) is 0 Å². The molecule has 8 heteroatoms. The molecule has 0 aliphatic rings. The highest BCUT2D eigenvalue weighted by Crippen LogP contribution is 2.29. The average Bonchev–Trinajstić information content (AvgIpc) is 2.58. The van der Waals surface area contributed by atoms with E-state index in [0.717, 1.165) is 0 Å². The Labute approximate surface area is 173 Å². The van der Waals surface area contributed by atoms with Gasteiger partial charge >= 0.3 is 23.9 Å². The number of benzene rings is 2. The maximum absolute atomic E-state index is 11.4. The summed E-state index contributed by atoms with van der Waals surface area (Å²) in [5.74, 6) is -1.28. The maximum atomic E-state index is 11.4. The van der Waals surface area contributed by atoms with Crippen molar-refractivity contribution >= 4 is 36.0 Å². The molecule has 0 aromatic heterocycles. The predicted molar refractivity (Wildman–Crippen MR) is 107 cm³/mol. The van der Waals surface area contributed by atoms with Gasteiger partial charge in [0.2, 0.25) is 0 Å². The van der Waals surface area contributed by atoms with Crippen molar-refractivity contribution in [1.29, 1.82) is 0 Å². The number of hydrogen-bond acceptors (Lipinski definition) is 8. The van der Waals surface area contributed by atoms with Gasteiger partial charge in [0.05, 0.1) is 0 Å². The van der Waals surface area contributed by atoms with E-state index in [1.54, 1.807) is 36.4 Å². The van der Waals surface area contributed by atoms with Crippen LogP contribution in [0.3, 0.4) is 0 Å². The second-order valence-electron chi connectivity index (χ2n) is 6.15. The van der Waals surface area contributed by atoms with E-state index in [2.05, 4.69) is 0 Å². The van der Waals surface area contributed by atoms with E-state index in [1.165, 1.54) is 39.8 Å². The van der Waals surface area contributed by atoms with Gasteiger partial charge in [-0.05, 0) is 29.8 Å². The number of ether oxygens (including phenoxy) is 4. The van der Waals surface area contributed by atoms with Crippen LogP contribution in [0.5, 0.6) is 23.0 Å². The summed E-state index contributed by atoms with van der Waals surface area (Å²) in [6.45, 7) is 5.02. The van der Waals surface area contributed by atoms with Crippen molar-refractivity contribution in [2.75, 3.05) is 0 Å². The molecule has 8 nitrogen and oxygen atoms in total. The number of carbonyl (C=O) groups is 4. The highest BCUT2D eigenvalue weighted by molar-refractivity contribution is 5.79. The first-order valence-corrected chi connectivity index (χ1v) is 8.83. The summed E-state index contributed by atoms with van der Waals surface area (Å²) in [6.07, 6.45) is 3.29. The number of esters is 4. The van der Waals surface area contributed by atoms with Crippen LogP contribution in [0.1, 0.15) is 38.8 Å². The first-order chi connectivity index (χ1) is 14.1. The summed E-state index contributed by atoms with van der Waals surface area (Å²) in [6, 6.07) is 9.14. The van der Waals surface area contributed by atoms with Gasteiger partial charge in [-0.1, -0.05) is 12.2 Å². The van der Waals surface area contributed by atoms with E-state index in [1.807, 2.05) is 0 Å². The molecule has 0 unspecified atom stereocenters. The molecule has 0 bridgehead atoms. The van der Waals surface area contributed by atoms with Gasteiger partial charge in [0, 0.05) is 45.4 Å².